The lowest BCUT2D eigenvalue weighted by atomic mass is 10.0. The fourth-order valence-corrected chi connectivity index (χ4v) is 2.16. The number of pyridine rings is 1. The smallest absolute Gasteiger partial charge is 0.198 e. The average Bonchev–Trinajstić information content (AvgIpc) is 2.36. The molecule has 2 aromatic rings. The highest BCUT2D eigenvalue weighted by Gasteiger charge is 2.21. The van der Waals surface area contributed by atoms with Crippen LogP contribution in [0.2, 0.25) is 0 Å². The Morgan fingerprint density at radius 1 is 1.22 bits per heavy atom. The maximum atomic E-state index is 13.6. The maximum Gasteiger partial charge on any atom is 0.198 e. The van der Waals surface area contributed by atoms with E-state index >= 15 is 0 Å². The number of rotatable bonds is 0. The van der Waals surface area contributed by atoms with Crippen LogP contribution >= 0.6 is 0 Å². The van der Waals surface area contributed by atoms with Crippen molar-refractivity contribution >= 4 is 10.9 Å². The van der Waals surface area contributed by atoms with Gasteiger partial charge in [0.05, 0.1) is 24.1 Å². The van der Waals surface area contributed by atoms with Crippen molar-refractivity contribution in [3.63, 3.8) is 0 Å². The lowest BCUT2D eigenvalue weighted by molar-refractivity contribution is 0.108. The van der Waals surface area contributed by atoms with Gasteiger partial charge in [-0.3, -0.25) is 4.79 Å². The molecule has 3 nitrogen and oxygen atoms in total. The van der Waals surface area contributed by atoms with Crippen LogP contribution in [0.3, 0.4) is 0 Å². The number of aromatic amines is 1. The van der Waals surface area contributed by atoms with Gasteiger partial charge in [-0.2, -0.15) is 0 Å². The van der Waals surface area contributed by atoms with Crippen LogP contribution in [0.4, 0.5) is 13.2 Å². The molecule has 0 aliphatic carbocycles. The van der Waals surface area contributed by atoms with Crippen LogP contribution in [-0.2, 0) is 17.8 Å². The van der Waals surface area contributed by atoms with Gasteiger partial charge < -0.3 is 9.72 Å². The Kier molecular flexibility index (Phi) is 2.41. The summed E-state index contributed by atoms with van der Waals surface area (Å²) in [5.41, 5.74) is 0.190. The van der Waals surface area contributed by atoms with E-state index in [-0.39, 0.29) is 17.7 Å². The molecule has 0 saturated heterocycles. The van der Waals surface area contributed by atoms with E-state index in [1.807, 2.05) is 0 Å². The summed E-state index contributed by atoms with van der Waals surface area (Å²) in [5.74, 6) is -4.41. The Labute approximate surface area is 99.2 Å². The van der Waals surface area contributed by atoms with E-state index in [4.69, 9.17) is 4.74 Å². The average molecular weight is 255 g/mol. The van der Waals surface area contributed by atoms with Gasteiger partial charge in [-0.1, -0.05) is 0 Å². The number of fused-ring (bicyclic) bond motifs is 2. The highest BCUT2D eigenvalue weighted by Crippen LogP contribution is 2.22. The normalized spacial score (nSPS) is 14.8. The summed E-state index contributed by atoms with van der Waals surface area (Å²) in [7, 11) is 0. The fraction of sp³-hybridized carbons (Fsp3) is 0.250. The lowest BCUT2D eigenvalue weighted by Gasteiger charge is -2.16. The Morgan fingerprint density at radius 2 is 2.00 bits per heavy atom. The first kappa shape index (κ1) is 11.3. The van der Waals surface area contributed by atoms with Gasteiger partial charge in [0.1, 0.15) is 0 Å². The second kappa shape index (κ2) is 3.84. The van der Waals surface area contributed by atoms with Crippen LogP contribution < -0.4 is 5.43 Å². The second-order valence-corrected chi connectivity index (χ2v) is 4.12. The van der Waals surface area contributed by atoms with E-state index in [1.165, 1.54) is 0 Å². The fourth-order valence-electron chi connectivity index (χ4n) is 2.16. The van der Waals surface area contributed by atoms with Gasteiger partial charge in [-0.15, -0.1) is 0 Å². The first-order valence-electron chi connectivity index (χ1n) is 5.38. The van der Waals surface area contributed by atoms with Crippen molar-refractivity contribution < 1.29 is 17.9 Å². The molecule has 18 heavy (non-hydrogen) atoms. The van der Waals surface area contributed by atoms with Gasteiger partial charge in [0.2, 0.25) is 0 Å². The zero-order valence-corrected chi connectivity index (χ0v) is 9.15. The molecular weight excluding hydrogens is 247 g/mol. The number of aromatic nitrogens is 1. The van der Waals surface area contributed by atoms with Gasteiger partial charge in [-0.25, -0.2) is 13.2 Å². The molecule has 1 aliphatic rings. The first-order chi connectivity index (χ1) is 8.59. The van der Waals surface area contributed by atoms with Crippen molar-refractivity contribution in [2.75, 3.05) is 6.61 Å². The highest BCUT2D eigenvalue weighted by atomic mass is 19.2. The second-order valence-electron chi connectivity index (χ2n) is 4.12. The van der Waals surface area contributed by atoms with Crippen LogP contribution in [-0.4, -0.2) is 11.6 Å². The van der Waals surface area contributed by atoms with Crippen LogP contribution in [0.1, 0.15) is 11.3 Å². The Morgan fingerprint density at radius 3 is 2.78 bits per heavy atom. The van der Waals surface area contributed by atoms with E-state index in [2.05, 4.69) is 4.98 Å². The Bertz CT molecular complexity index is 709. The summed E-state index contributed by atoms with van der Waals surface area (Å²) < 4.78 is 45.0. The van der Waals surface area contributed by atoms with E-state index in [0.717, 1.165) is 6.07 Å². The van der Waals surface area contributed by atoms with Crippen LogP contribution in [0.15, 0.2) is 10.9 Å². The molecule has 0 amide bonds. The molecule has 6 heteroatoms. The summed E-state index contributed by atoms with van der Waals surface area (Å²) in [6.07, 6.45) is 0.459. The predicted octanol–water partition coefficient (Wildman–Crippen LogP) is 2.02. The number of hydrogen-bond donors (Lipinski definition) is 1. The number of hydrogen-bond acceptors (Lipinski definition) is 2. The largest absolute Gasteiger partial charge is 0.376 e. The Balaban J connectivity index is 2.47. The SMILES string of the molecule is O=c1c2c([nH]c3cc(F)c(F)c(F)c13)CCOC2. The monoisotopic (exact) mass is 255 g/mol. The number of H-pyrrole nitrogens is 1. The standard InChI is InChI=1S/C12H8F3NO2/c13-6-3-8-9(11(15)10(6)14)12(17)5-4-18-2-1-7(5)16-8/h3H,1-2,4H2,(H,16,17). The summed E-state index contributed by atoms with van der Waals surface area (Å²) in [5, 5.41) is -0.460. The molecule has 0 fully saturated rings. The quantitative estimate of drug-likeness (QED) is 0.732. The third kappa shape index (κ3) is 1.45. The molecule has 0 unspecified atom stereocenters. The summed E-state index contributed by atoms with van der Waals surface area (Å²) in [4.78, 5) is 14.8. The lowest BCUT2D eigenvalue weighted by Crippen LogP contribution is -2.22. The zero-order chi connectivity index (χ0) is 12.9. The molecule has 0 bridgehead atoms. The van der Waals surface area contributed by atoms with Gasteiger partial charge in [-0.05, 0) is 0 Å². The molecule has 0 spiro atoms. The van der Waals surface area contributed by atoms with Crippen molar-refractivity contribution in [1.29, 1.82) is 0 Å². The molecule has 3 rings (SSSR count). The molecule has 1 aromatic carbocycles. The van der Waals surface area contributed by atoms with E-state index < -0.39 is 28.3 Å². The molecule has 1 aromatic heterocycles. The van der Waals surface area contributed by atoms with Crippen molar-refractivity contribution in [3.05, 3.63) is 45.0 Å². The highest BCUT2D eigenvalue weighted by molar-refractivity contribution is 5.80. The molecule has 1 N–H and O–H groups in total. The molecule has 0 saturated carbocycles. The molecule has 0 radical (unpaired) electrons. The number of ether oxygens (including phenoxy) is 1. The van der Waals surface area contributed by atoms with E-state index in [1.54, 1.807) is 0 Å². The van der Waals surface area contributed by atoms with Gasteiger partial charge in [0.25, 0.3) is 0 Å². The van der Waals surface area contributed by atoms with Crippen LogP contribution in [0, 0.1) is 17.5 Å². The molecular formula is C12H8F3NO2. The number of nitrogens with one attached hydrogen (secondary N) is 1. The van der Waals surface area contributed by atoms with Crippen LogP contribution in [0.5, 0.6) is 0 Å². The summed E-state index contributed by atoms with van der Waals surface area (Å²) in [6.45, 7) is 0.486. The molecule has 0 atom stereocenters. The van der Waals surface area contributed by atoms with Gasteiger partial charge >= 0.3 is 0 Å². The zero-order valence-electron chi connectivity index (χ0n) is 9.15. The molecule has 1 aliphatic heterocycles. The molecule has 2 heterocycles. The van der Waals surface area contributed by atoms with Crippen molar-refractivity contribution in [3.8, 4) is 0 Å². The maximum absolute atomic E-state index is 13.6. The minimum absolute atomic E-state index is 0.0305. The van der Waals surface area contributed by atoms with E-state index in [0.29, 0.717) is 18.7 Å². The predicted molar refractivity (Wildman–Crippen MR) is 57.8 cm³/mol. The third-order valence-electron chi connectivity index (χ3n) is 3.06. The van der Waals surface area contributed by atoms with Crippen LogP contribution in [0.25, 0.3) is 10.9 Å². The minimum atomic E-state index is -1.63. The van der Waals surface area contributed by atoms with E-state index in [9.17, 15) is 18.0 Å². The topological polar surface area (TPSA) is 42.1 Å². The molecule has 94 valence electrons. The van der Waals surface area contributed by atoms with Crippen molar-refractivity contribution in [2.24, 2.45) is 0 Å². The number of benzene rings is 1. The first-order valence-corrected chi connectivity index (χ1v) is 5.38. The van der Waals surface area contributed by atoms with Crippen molar-refractivity contribution in [2.45, 2.75) is 13.0 Å². The van der Waals surface area contributed by atoms with Crippen molar-refractivity contribution in [1.82, 2.24) is 4.98 Å². The van der Waals surface area contributed by atoms with Gasteiger partial charge in [0, 0.05) is 23.7 Å². The number of halogens is 3. The minimum Gasteiger partial charge on any atom is -0.376 e. The van der Waals surface area contributed by atoms with Gasteiger partial charge in [0.15, 0.2) is 22.9 Å². The summed E-state index contributed by atoms with van der Waals surface area (Å²) in [6, 6.07) is 0.797. The Hall–Kier alpha value is -1.82. The summed E-state index contributed by atoms with van der Waals surface area (Å²) >= 11 is 0. The third-order valence-corrected chi connectivity index (χ3v) is 3.06.